The Morgan fingerprint density at radius 1 is 1.46 bits per heavy atom. The molecule has 1 aliphatic carbocycles. The van der Waals surface area contributed by atoms with Crippen LogP contribution in [0.4, 0.5) is 0 Å². The zero-order chi connectivity index (χ0) is 9.64. The fraction of sp³-hybridized carbons (Fsp3) is 0.778. The minimum atomic E-state index is -0.0395. The van der Waals surface area contributed by atoms with Crippen molar-refractivity contribution in [3.8, 4) is 0 Å². The average Bonchev–Trinajstić information content (AvgIpc) is 2.65. The zero-order valence-electron chi connectivity index (χ0n) is 7.96. The molecule has 1 N–H and O–H groups in total. The summed E-state index contributed by atoms with van der Waals surface area (Å²) in [6, 6.07) is 0.283. The number of rotatable bonds is 1. The molecule has 0 aromatic rings. The lowest BCUT2D eigenvalue weighted by Crippen LogP contribution is -2.53. The Morgan fingerprint density at radius 2 is 2.08 bits per heavy atom. The van der Waals surface area contributed by atoms with Gasteiger partial charge in [-0.1, -0.05) is 13.8 Å². The van der Waals surface area contributed by atoms with E-state index in [9.17, 15) is 9.59 Å². The highest BCUT2D eigenvalue weighted by atomic mass is 16.2. The quantitative estimate of drug-likeness (QED) is 0.607. The van der Waals surface area contributed by atoms with Gasteiger partial charge in [-0.25, -0.2) is 0 Å². The highest BCUT2D eigenvalue weighted by molar-refractivity contribution is 5.92. The molecule has 2 amide bonds. The van der Waals surface area contributed by atoms with Gasteiger partial charge >= 0.3 is 0 Å². The Kier molecular flexibility index (Phi) is 1.62. The largest absolute Gasteiger partial charge is 0.345 e. The molecule has 0 aromatic heterocycles. The lowest BCUT2D eigenvalue weighted by atomic mass is 10.1. The molecule has 2 aliphatic rings. The predicted octanol–water partition coefficient (Wildman–Crippen LogP) is -0.257. The average molecular weight is 182 g/mol. The van der Waals surface area contributed by atoms with Crippen molar-refractivity contribution in [2.45, 2.75) is 26.3 Å². The van der Waals surface area contributed by atoms with E-state index in [0.29, 0.717) is 0 Å². The van der Waals surface area contributed by atoms with E-state index in [0.717, 1.165) is 6.42 Å². The standard InChI is InChI=1S/C9H14N2O2/c1-9(2)3-6(9)11-5-7(12)10-4-8(11)13/h6H,3-5H2,1-2H3,(H,10,12). The molecule has 1 unspecified atom stereocenters. The molecule has 2 rings (SSSR count). The Bertz CT molecular complexity index is 273. The summed E-state index contributed by atoms with van der Waals surface area (Å²) in [5.74, 6) is 0.0116. The van der Waals surface area contributed by atoms with Crippen molar-refractivity contribution in [1.82, 2.24) is 10.2 Å². The maximum atomic E-state index is 11.4. The van der Waals surface area contributed by atoms with Crippen LogP contribution >= 0.6 is 0 Å². The number of amides is 2. The van der Waals surface area contributed by atoms with Gasteiger partial charge in [0.25, 0.3) is 0 Å². The molecule has 1 heterocycles. The summed E-state index contributed by atoms with van der Waals surface area (Å²) in [6.45, 7) is 4.66. The monoisotopic (exact) mass is 182 g/mol. The number of nitrogens with one attached hydrogen (secondary N) is 1. The Hall–Kier alpha value is -1.06. The van der Waals surface area contributed by atoms with Crippen molar-refractivity contribution in [2.75, 3.05) is 13.1 Å². The van der Waals surface area contributed by atoms with Crippen LogP contribution in [0.3, 0.4) is 0 Å². The second-order valence-corrected chi connectivity index (χ2v) is 4.51. The summed E-state index contributed by atoms with van der Waals surface area (Å²) >= 11 is 0. The fourth-order valence-corrected chi connectivity index (χ4v) is 1.83. The molecule has 0 bridgehead atoms. The van der Waals surface area contributed by atoms with Crippen molar-refractivity contribution in [1.29, 1.82) is 0 Å². The van der Waals surface area contributed by atoms with Crippen LogP contribution in [0.25, 0.3) is 0 Å². The topological polar surface area (TPSA) is 49.4 Å². The van der Waals surface area contributed by atoms with E-state index in [-0.39, 0.29) is 36.4 Å². The van der Waals surface area contributed by atoms with E-state index in [1.54, 1.807) is 4.90 Å². The number of hydrogen-bond acceptors (Lipinski definition) is 2. The number of nitrogens with zero attached hydrogens (tertiary/aromatic N) is 1. The summed E-state index contributed by atoms with van der Waals surface area (Å²) in [7, 11) is 0. The SMILES string of the molecule is CC1(C)CC1N1CC(=O)NCC1=O. The zero-order valence-corrected chi connectivity index (χ0v) is 7.96. The van der Waals surface area contributed by atoms with Crippen molar-refractivity contribution in [3.05, 3.63) is 0 Å². The molecular formula is C9H14N2O2. The van der Waals surface area contributed by atoms with Crippen molar-refractivity contribution < 1.29 is 9.59 Å². The maximum Gasteiger partial charge on any atom is 0.242 e. The van der Waals surface area contributed by atoms with Gasteiger partial charge in [-0.3, -0.25) is 9.59 Å². The van der Waals surface area contributed by atoms with Crippen LogP contribution in [0, 0.1) is 5.41 Å². The van der Waals surface area contributed by atoms with Crippen LogP contribution in [0.5, 0.6) is 0 Å². The Labute approximate surface area is 77.3 Å². The number of carbonyl (C=O) groups excluding carboxylic acids is 2. The molecule has 1 aliphatic heterocycles. The third-order valence-electron chi connectivity index (χ3n) is 2.91. The third-order valence-corrected chi connectivity index (χ3v) is 2.91. The molecule has 1 saturated heterocycles. The van der Waals surface area contributed by atoms with Crippen LogP contribution in [0.2, 0.25) is 0 Å². The van der Waals surface area contributed by atoms with Crippen LogP contribution in [0.15, 0.2) is 0 Å². The number of piperazine rings is 1. The van der Waals surface area contributed by atoms with Crippen LogP contribution in [-0.4, -0.2) is 35.8 Å². The highest BCUT2D eigenvalue weighted by Crippen LogP contribution is 2.48. The van der Waals surface area contributed by atoms with Crippen molar-refractivity contribution in [3.63, 3.8) is 0 Å². The van der Waals surface area contributed by atoms with Gasteiger partial charge in [0.1, 0.15) is 0 Å². The number of carbonyl (C=O) groups is 2. The van der Waals surface area contributed by atoms with Crippen molar-refractivity contribution >= 4 is 11.8 Å². The van der Waals surface area contributed by atoms with E-state index in [2.05, 4.69) is 19.2 Å². The van der Waals surface area contributed by atoms with Crippen LogP contribution in [-0.2, 0) is 9.59 Å². The minimum Gasteiger partial charge on any atom is -0.345 e. The first kappa shape index (κ1) is 8.53. The lowest BCUT2D eigenvalue weighted by molar-refractivity contribution is -0.141. The van der Waals surface area contributed by atoms with E-state index in [1.165, 1.54) is 0 Å². The highest BCUT2D eigenvalue weighted by Gasteiger charge is 2.51. The molecular weight excluding hydrogens is 168 g/mol. The first-order valence-corrected chi connectivity index (χ1v) is 4.57. The molecule has 0 spiro atoms. The second kappa shape index (κ2) is 2.47. The predicted molar refractivity (Wildman–Crippen MR) is 46.9 cm³/mol. The minimum absolute atomic E-state index is 0.0395. The van der Waals surface area contributed by atoms with Crippen LogP contribution < -0.4 is 5.32 Å². The summed E-state index contributed by atoms with van der Waals surface area (Å²) < 4.78 is 0. The Balaban J connectivity index is 2.06. The molecule has 0 radical (unpaired) electrons. The summed E-state index contributed by atoms with van der Waals surface area (Å²) in [5.41, 5.74) is 0.216. The molecule has 1 saturated carbocycles. The molecule has 4 nitrogen and oxygen atoms in total. The molecule has 13 heavy (non-hydrogen) atoms. The molecule has 72 valence electrons. The van der Waals surface area contributed by atoms with E-state index >= 15 is 0 Å². The molecule has 4 heteroatoms. The number of hydrogen-bond donors (Lipinski definition) is 1. The van der Waals surface area contributed by atoms with Gasteiger partial charge in [-0.2, -0.15) is 0 Å². The summed E-state index contributed by atoms with van der Waals surface area (Å²) in [5, 5.41) is 2.54. The lowest BCUT2D eigenvalue weighted by Gasteiger charge is -2.28. The molecule has 2 fully saturated rings. The smallest absolute Gasteiger partial charge is 0.242 e. The van der Waals surface area contributed by atoms with Crippen molar-refractivity contribution in [2.24, 2.45) is 5.41 Å². The third kappa shape index (κ3) is 1.41. The second-order valence-electron chi connectivity index (χ2n) is 4.51. The first-order valence-electron chi connectivity index (χ1n) is 4.57. The van der Waals surface area contributed by atoms with Crippen LogP contribution in [0.1, 0.15) is 20.3 Å². The van der Waals surface area contributed by atoms with Gasteiger partial charge in [0.2, 0.25) is 11.8 Å². The van der Waals surface area contributed by atoms with Gasteiger partial charge in [0, 0.05) is 6.04 Å². The molecule has 1 atom stereocenters. The Morgan fingerprint density at radius 3 is 2.62 bits per heavy atom. The van der Waals surface area contributed by atoms with Gasteiger partial charge in [-0.05, 0) is 11.8 Å². The summed E-state index contributed by atoms with van der Waals surface area (Å²) in [6.07, 6.45) is 1.02. The fourth-order valence-electron chi connectivity index (χ4n) is 1.83. The van der Waals surface area contributed by atoms with Gasteiger partial charge in [0.15, 0.2) is 0 Å². The first-order chi connectivity index (χ1) is 6.00. The normalized spacial score (nSPS) is 31.5. The summed E-state index contributed by atoms with van der Waals surface area (Å²) in [4.78, 5) is 24.2. The van der Waals surface area contributed by atoms with E-state index in [4.69, 9.17) is 0 Å². The van der Waals surface area contributed by atoms with Gasteiger partial charge < -0.3 is 10.2 Å². The van der Waals surface area contributed by atoms with Gasteiger partial charge in [-0.15, -0.1) is 0 Å². The van der Waals surface area contributed by atoms with E-state index in [1.807, 2.05) is 0 Å². The molecule has 0 aromatic carbocycles. The van der Waals surface area contributed by atoms with Gasteiger partial charge in [0.05, 0.1) is 13.1 Å². The maximum absolute atomic E-state index is 11.4. The van der Waals surface area contributed by atoms with E-state index < -0.39 is 0 Å².